The average Bonchev–Trinajstić information content (AvgIpc) is 2.95. The van der Waals surface area contributed by atoms with E-state index in [-0.39, 0.29) is 0 Å². The molecular weight excluding hydrogens is 262 g/mol. The van der Waals surface area contributed by atoms with E-state index in [4.69, 9.17) is 0 Å². The van der Waals surface area contributed by atoms with Crippen LogP contribution in [0.15, 0.2) is 5.38 Å². The second kappa shape index (κ2) is 5.80. The van der Waals surface area contributed by atoms with Crippen LogP contribution in [0.1, 0.15) is 37.9 Å². The summed E-state index contributed by atoms with van der Waals surface area (Å²) in [5, 5.41) is 7.72. The van der Waals surface area contributed by atoms with Gasteiger partial charge in [0.2, 0.25) is 0 Å². The first-order valence-electron chi connectivity index (χ1n) is 6.32. The SMILES string of the molecule is CCc1nc(C)c(-c2csc(NC(C)CC)n2)s1. The van der Waals surface area contributed by atoms with Crippen molar-refractivity contribution in [2.45, 2.75) is 46.6 Å². The van der Waals surface area contributed by atoms with Crippen LogP contribution in [0.3, 0.4) is 0 Å². The summed E-state index contributed by atoms with van der Waals surface area (Å²) in [4.78, 5) is 10.4. The quantitative estimate of drug-likeness (QED) is 0.885. The second-order valence-electron chi connectivity index (χ2n) is 4.37. The van der Waals surface area contributed by atoms with Crippen molar-refractivity contribution in [2.24, 2.45) is 0 Å². The molecule has 5 heteroatoms. The molecule has 0 aliphatic rings. The van der Waals surface area contributed by atoms with Crippen LogP contribution in [-0.2, 0) is 6.42 Å². The molecule has 18 heavy (non-hydrogen) atoms. The topological polar surface area (TPSA) is 37.8 Å². The van der Waals surface area contributed by atoms with Crippen LogP contribution in [0.25, 0.3) is 10.6 Å². The number of rotatable bonds is 5. The molecule has 0 radical (unpaired) electrons. The standard InChI is InChI=1S/C13H19N3S2/c1-5-8(3)14-13-16-10(7-17-13)12-9(4)15-11(6-2)18-12/h7-8H,5-6H2,1-4H3,(H,14,16). The minimum Gasteiger partial charge on any atom is -0.359 e. The van der Waals surface area contributed by atoms with E-state index in [9.17, 15) is 0 Å². The van der Waals surface area contributed by atoms with Gasteiger partial charge >= 0.3 is 0 Å². The fourth-order valence-corrected chi connectivity index (χ4v) is 3.45. The summed E-state index contributed by atoms with van der Waals surface area (Å²) in [6.45, 7) is 8.55. The first-order chi connectivity index (χ1) is 8.63. The van der Waals surface area contributed by atoms with Gasteiger partial charge in [-0.1, -0.05) is 13.8 Å². The minimum absolute atomic E-state index is 0.470. The Morgan fingerprint density at radius 2 is 2.11 bits per heavy atom. The van der Waals surface area contributed by atoms with Crippen LogP contribution in [-0.4, -0.2) is 16.0 Å². The Bertz CT molecular complexity index is 516. The van der Waals surface area contributed by atoms with Crippen LogP contribution in [0.2, 0.25) is 0 Å². The van der Waals surface area contributed by atoms with E-state index < -0.39 is 0 Å². The normalized spacial score (nSPS) is 12.7. The lowest BCUT2D eigenvalue weighted by molar-refractivity contribution is 0.763. The van der Waals surface area contributed by atoms with Gasteiger partial charge < -0.3 is 5.32 Å². The van der Waals surface area contributed by atoms with E-state index in [1.54, 1.807) is 22.7 Å². The van der Waals surface area contributed by atoms with E-state index in [2.05, 4.69) is 48.4 Å². The Morgan fingerprint density at radius 1 is 1.33 bits per heavy atom. The molecule has 0 amide bonds. The lowest BCUT2D eigenvalue weighted by Crippen LogP contribution is -2.12. The number of nitrogens with one attached hydrogen (secondary N) is 1. The van der Waals surface area contributed by atoms with E-state index >= 15 is 0 Å². The number of nitrogens with zero attached hydrogens (tertiary/aromatic N) is 2. The lowest BCUT2D eigenvalue weighted by Gasteiger charge is -2.08. The molecule has 0 aliphatic carbocycles. The second-order valence-corrected chi connectivity index (χ2v) is 6.31. The summed E-state index contributed by atoms with van der Waals surface area (Å²) in [5.74, 6) is 0. The molecule has 0 aromatic carbocycles. The summed E-state index contributed by atoms with van der Waals surface area (Å²) < 4.78 is 0. The predicted molar refractivity (Wildman–Crippen MR) is 80.7 cm³/mol. The fraction of sp³-hybridized carbons (Fsp3) is 0.538. The van der Waals surface area contributed by atoms with Gasteiger partial charge in [0.15, 0.2) is 5.13 Å². The number of aromatic nitrogens is 2. The molecule has 2 aromatic rings. The molecule has 0 saturated heterocycles. The molecule has 3 nitrogen and oxygen atoms in total. The van der Waals surface area contributed by atoms with E-state index in [1.807, 2.05) is 0 Å². The van der Waals surface area contributed by atoms with Gasteiger partial charge in [-0.05, 0) is 26.7 Å². The maximum Gasteiger partial charge on any atom is 0.183 e. The number of hydrogen-bond acceptors (Lipinski definition) is 5. The van der Waals surface area contributed by atoms with Gasteiger partial charge in [0.1, 0.15) is 0 Å². The van der Waals surface area contributed by atoms with Gasteiger partial charge in [-0.15, -0.1) is 22.7 Å². The zero-order valence-corrected chi connectivity index (χ0v) is 12.9. The monoisotopic (exact) mass is 281 g/mol. The largest absolute Gasteiger partial charge is 0.359 e. The highest BCUT2D eigenvalue weighted by Crippen LogP contribution is 2.32. The maximum absolute atomic E-state index is 4.65. The number of hydrogen-bond donors (Lipinski definition) is 1. The molecule has 1 atom stereocenters. The Balaban J connectivity index is 2.20. The lowest BCUT2D eigenvalue weighted by atomic mass is 10.3. The molecule has 2 aromatic heterocycles. The van der Waals surface area contributed by atoms with Crippen LogP contribution >= 0.6 is 22.7 Å². The highest BCUT2D eigenvalue weighted by atomic mass is 32.1. The van der Waals surface area contributed by atoms with Crippen LogP contribution < -0.4 is 5.32 Å². The summed E-state index contributed by atoms with van der Waals surface area (Å²) >= 11 is 3.43. The first kappa shape index (κ1) is 13.5. The third-order valence-corrected chi connectivity index (χ3v) is 4.96. The number of aryl methyl sites for hydroxylation is 2. The van der Waals surface area contributed by atoms with Gasteiger partial charge in [0.05, 0.1) is 21.3 Å². The molecule has 2 rings (SSSR count). The van der Waals surface area contributed by atoms with Crippen molar-refractivity contribution in [3.8, 4) is 10.6 Å². The summed E-state index contributed by atoms with van der Waals surface area (Å²) in [5.41, 5.74) is 2.15. The van der Waals surface area contributed by atoms with Crippen LogP contribution in [0.5, 0.6) is 0 Å². The van der Waals surface area contributed by atoms with E-state index in [0.717, 1.165) is 29.4 Å². The number of thiazole rings is 2. The molecule has 0 spiro atoms. The summed E-state index contributed by atoms with van der Waals surface area (Å²) in [7, 11) is 0. The molecule has 0 saturated carbocycles. The van der Waals surface area contributed by atoms with Crippen molar-refractivity contribution >= 4 is 27.8 Å². The Hall–Kier alpha value is -0.940. The van der Waals surface area contributed by atoms with Crippen LogP contribution in [0, 0.1) is 6.92 Å². The minimum atomic E-state index is 0.470. The zero-order chi connectivity index (χ0) is 13.1. The predicted octanol–water partition coefficient (Wildman–Crippen LogP) is 4.35. The molecule has 98 valence electrons. The van der Waals surface area contributed by atoms with Gasteiger partial charge in [-0.25, -0.2) is 9.97 Å². The van der Waals surface area contributed by atoms with Crippen LogP contribution in [0.4, 0.5) is 5.13 Å². The molecule has 0 bridgehead atoms. The summed E-state index contributed by atoms with van der Waals surface area (Å²) in [6.07, 6.45) is 2.10. The van der Waals surface area contributed by atoms with Gasteiger partial charge in [-0.2, -0.15) is 0 Å². The molecule has 0 aliphatic heterocycles. The Labute approximate surface area is 116 Å². The third kappa shape index (κ3) is 2.90. The average molecular weight is 281 g/mol. The first-order valence-corrected chi connectivity index (χ1v) is 8.02. The highest BCUT2D eigenvalue weighted by molar-refractivity contribution is 7.16. The smallest absolute Gasteiger partial charge is 0.183 e. The Kier molecular flexibility index (Phi) is 4.35. The van der Waals surface area contributed by atoms with Crippen molar-refractivity contribution in [3.63, 3.8) is 0 Å². The van der Waals surface area contributed by atoms with Crippen molar-refractivity contribution in [1.82, 2.24) is 9.97 Å². The summed E-state index contributed by atoms with van der Waals surface area (Å²) in [6, 6.07) is 0.470. The van der Waals surface area contributed by atoms with E-state index in [0.29, 0.717) is 6.04 Å². The van der Waals surface area contributed by atoms with Crippen molar-refractivity contribution in [1.29, 1.82) is 0 Å². The fourth-order valence-electron chi connectivity index (χ4n) is 1.60. The van der Waals surface area contributed by atoms with E-state index in [1.165, 1.54) is 9.88 Å². The van der Waals surface area contributed by atoms with Gasteiger partial charge in [0, 0.05) is 11.4 Å². The van der Waals surface area contributed by atoms with Crippen molar-refractivity contribution < 1.29 is 0 Å². The van der Waals surface area contributed by atoms with Crippen molar-refractivity contribution in [3.05, 3.63) is 16.1 Å². The highest BCUT2D eigenvalue weighted by Gasteiger charge is 2.12. The Morgan fingerprint density at radius 3 is 2.72 bits per heavy atom. The molecule has 1 N–H and O–H groups in total. The van der Waals surface area contributed by atoms with Crippen molar-refractivity contribution in [2.75, 3.05) is 5.32 Å². The van der Waals surface area contributed by atoms with Gasteiger partial charge in [-0.3, -0.25) is 0 Å². The number of anilines is 1. The third-order valence-electron chi connectivity index (χ3n) is 2.86. The molecule has 1 unspecified atom stereocenters. The zero-order valence-electron chi connectivity index (χ0n) is 11.3. The molecule has 2 heterocycles. The van der Waals surface area contributed by atoms with Gasteiger partial charge in [0.25, 0.3) is 0 Å². The molecular formula is C13H19N3S2. The molecule has 0 fully saturated rings. The maximum atomic E-state index is 4.65.